The number of hydrogen-bond donors (Lipinski definition) is 2. The highest BCUT2D eigenvalue weighted by atomic mass is 35.5. The maximum atomic E-state index is 12.0. The third kappa shape index (κ3) is 4.74. The fraction of sp³-hybridized carbons (Fsp3) is 0.118. The molecule has 0 radical (unpaired) electrons. The third-order valence-corrected chi connectivity index (χ3v) is 4.60. The maximum absolute atomic E-state index is 12.0. The molecule has 25 heavy (non-hydrogen) atoms. The van der Waals surface area contributed by atoms with Crippen molar-refractivity contribution >= 4 is 35.0 Å². The number of halogens is 1. The molecule has 8 heteroatoms. The topological polar surface area (TPSA) is 85.8 Å². The second kappa shape index (κ2) is 8.04. The van der Waals surface area contributed by atoms with Gasteiger partial charge in [0.05, 0.1) is 5.75 Å². The van der Waals surface area contributed by atoms with Crippen molar-refractivity contribution in [3.8, 4) is 0 Å². The summed E-state index contributed by atoms with van der Waals surface area (Å²) >= 11 is 7.05. The van der Waals surface area contributed by atoms with Crippen LogP contribution >= 0.6 is 23.4 Å². The number of carbonyl (C=O) groups excluding carboxylic acids is 1. The van der Waals surface area contributed by atoms with Gasteiger partial charge in [-0.3, -0.25) is 4.79 Å². The summed E-state index contributed by atoms with van der Waals surface area (Å²) in [5.74, 6) is 6.71. The number of carbonyl (C=O) groups is 1. The summed E-state index contributed by atoms with van der Waals surface area (Å²) in [5, 5.41) is 12.1. The van der Waals surface area contributed by atoms with E-state index in [-0.39, 0.29) is 11.7 Å². The molecule has 1 amide bonds. The molecule has 0 aliphatic rings. The Bertz CT molecular complexity index is 851. The van der Waals surface area contributed by atoms with Gasteiger partial charge in [-0.05, 0) is 29.8 Å². The van der Waals surface area contributed by atoms with Crippen molar-refractivity contribution in [1.82, 2.24) is 14.9 Å². The lowest BCUT2D eigenvalue weighted by Crippen LogP contribution is -2.17. The monoisotopic (exact) mass is 373 g/mol. The van der Waals surface area contributed by atoms with E-state index in [4.69, 9.17) is 17.4 Å². The van der Waals surface area contributed by atoms with Crippen LogP contribution in [-0.4, -0.2) is 26.5 Å². The van der Waals surface area contributed by atoms with Gasteiger partial charge >= 0.3 is 0 Å². The maximum Gasteiger partial charge on any atom is 0.234 e. The first-order valence-electron chi connectivity index (χ1n) is 7.53. The number of nitrogens with two attached hydrogens (primary N) is 1. The molecule has 0 bridgehead atoms. The Labute approximate surface area is 154 Å². The molecular weight excluding hydrogens is 358 g/mol. The average Bonchev–Trinajstić information content (AvgIpc) is 2.96. The summed E-state index contributed by atoms with van der Waals surface area (Å²) in [6.45, 7) is 0. The van der Waals surface area contributed by atoms with Crippen molar-refractivity contribution in [2.75, 3.05) is 16.9 Å². The van der Waals surface area contributed by atoms with Gasteiger partial charge in [0, 0.05) is 17.1 Å². The lowest BCUT2D eigenvalue weighted by atomic mass is 10.1. The number of aromatic nitrogens is 3. The second-order valence-electron chi connectivity index (χ2n) is 5.27. The van der Waals surface area contributed by atoms with Crippen LogP contribution in [0.1, 0.15) is 11.4 Å². The number of benzene rings is 2. The lowest BCUT2D eigenvalue weighted by Gasteiger charge is -2.06. The fourth-order valence-electron chi connectivity index (χ4n) is 2.17. The average molecular weight is 374 g/mol. The molecule has 6 nitrogen and oxygen atoms in total. The summed E-state index contributed by atoms with van der Waals surface area (Å²) in [7, 11) is 0. The summed E-state index contributed by atoms with van der Waals surface area (Å²) in [6.07, 6.45) is 0.585. The van der Waals surface area contributed by atoms with Gasteiger partial charge in [0.2, 0.25) is 11.1 Å². The van der Waals surface area contributed by atoms with Crippen LogP contribution in [0.15, 0.2) is 59.8 Å². The number of rotatable bonds is 6. The van der Waals surface area contributed by atoms with E-state index in [0.29, 0.717) is 28.1 Å². The van der Waals surface area contributed by atoms with E-state index in [0.717, 1.165) is 5.56 Å². The van der Waals surface area contributed by atoms with Gasteiger partial charge in [-0.2, -0.15) is 0 Å². The lowest BCUT2D eigenvalue weighted by molar-refractivity contribution is -0.113. The number of amides is 1. The van der Waals surface area contributed by atoms with Gasteiger partial charge in [-0.15, -0.1) is 10.2 Å². The molecule has 2 aromatic carbocycles. The molecule has 0 saturated carbocycles. The summed E-state index contributed by atoms with van der Waals surface area (Å²) in [4.78, 5) is 12.0. The van der Waals surface area contributed by atoms with Crippen LogP contribution in [0.3, 0.4) is 0 Å². The first-order valence-corrected chi connectivity index (χ1v) is 8.89. The van der Waals surface area contributed by atoms with Gasteiger partial charge in [-0.1, -0.05) is 53.7 Å². The van der Waals surface area contributed by atoms with E-state index in [9.17, 15) is 4.79 Å². The van der Waals surface area contributed by atoms with Crippen LogP contribution in [0.4, 0.5) is 5.69 Å². The second-order valence-corrected chi connectivity index (χ2v) is 6.65. The molecule has 128 valence electrons. The molecular formula is C17H16ClN5OS. The largest absolute Gasteiger partial charge is 0.336 e. The van der Waals surface area contributed by atoms with E-state index in [1.807, 2.05) is 30.3 Å². The normalized spacial score (nSPS) is 10.6. The molecule has 0 aliphatic carbocycles. The van der Waals surface area contributed by atoms with Gasteiger partial charge in [0.25, 0.3) is 0 Å². The zero-order chi connectivity index (χ0) is 17.6. The van der Waals surface area contributed by atoms with Gasteiger partial charge in [0.15, 0.2) is 5.82 Å². The Hall–Kier alpha value is -2.51. The molecule has 1 heterocycles. The summed E-state index contributed by atoms with van der Waals surface area (Å²) < 4.78 is 1.42. The van der Waals surface area contributed by atoms with Crippen LogP contribution in [-0.2, 0) is 11.2 Å². The molecule has 0 saturated heterocycles. The predicted molar refractivity (Wildman–Crippen MR) is 100 cm³/mol. The Morgan fingerprint density at radius 1 is 1.12 bits per heavy atom. The molecule has 0 spiro atoms. The van der Waals surface area contributed by atoms with Gasteiger partial charge < -0.3 is 11.2 Å². The zero-order valence-corrected chi connectivity index (χ0v) is 14.8. The number of thioether (sulfide) groups is 1. The van der Waals surface area contributed by atoms with Crippen molar-refractivity contribution in [3.63, 3.8) is 0 Å². The summed E-state index contributed by atoms with van der Waals surface area (Å²) in [5.41, 5.74) is 1.78. The smallest absolute Gasteiger partial charge is 0.234 e. The molecule has 0 fully saturated rings. The standard InChI is InChI=1S/C17H16ClN5OS/c18-13-6-8-14(9-7-13)20-16(24)11-25-17-22-21-15(23(17)19)10-12-4-2-1-3-5-12/h1-9H,10-11,19H2,(H,20,24). The van der Waals surface area contributed by atoms with E-state index >= 15 is 0 Å². The minimum Gasteiger partial charge on any atom is -0.336 e. The number of hydrogen-bond acceptors (Lipinski definition) is 5. The fourth-order valence-corrected chi connectivity index (χ4v) is 2.97. The van der Waals surface area contributed by atoms with Crippen LogP contribution in [0.2, 0.25) is 5.02 Å². The van der Waals surface area contributed by atoms with Crippen molar-refractivity contribution in [2.24, 2.45) is 0 Å². The number of nitrogen functional groups attached to an aromatic ring is 1. The Balaban J connectivity index is 1.56. The third-order valence-electron chi connectivity index (χ3n) is 3.40. The molecule has 3 rings (SSSR count). The minimum atomic E-state index is -0.153. The number of nitrogens with one attached hydrogen (secondary N) is 1. The predicted octanol–water partition coefficient (Wildman–Crippen LogP) is 2.97. The van der Waals surface area contributed by atoms with Crippen molar-refractivity contribution < 1.29 is 4.79 Å². The molecule has 3 aromatic rings. The Morgan fingerprint density at radius 2 is 1.84 bits per heavy atom. The minimum absolute atomic E-state index is 0.153. The Morgan fingerprint density at radius 3 is 2.56 bits per heavy atom. The zero-order valence-electron chi connectivity index (χ0n) is 13.2. The van der Waals surface area contributed by atoms with E-state index in [2.05, 4.69) is 15.5 Å². The first-order chi connectivity index (χ1) is 12.1. The van der Waals surface area contributed by atoms with Crippen molar-refractivity contribution in [1.29, 1.82) is 0 Å². The van der Waals surface area contributed by atoms with Crippen molar-refractivity contribution in [2.45, 2.75) is 11.6 Å². The van der Waals surface area contributed by atoms with Crippen LogP contribution in [0.5, 0.6) is 0 Å². The number of nitrogens with zero attached hydrogens (tertiary/aromatic N) is 3. The molecule has 0 unspecified atom stereocenters. The highest BCUT2D eigenvalue weighted by Gasteiger charge is 2.12. The summed E-state index contributed by atoms with van der Waals surface area (Å²) in [6, 6.07) is 16.8. The van der Waals surface area contributed by atoms with Crippen molar-refractivity contribution in [3.05, 3.63) is 71.0 Å². The van der Waals surface area contributed by atoms with E-state index in [1.165, 1.54) is 16.4 Å². The highest BCUT2D eigenvalue weighted by molar-refractivity contribution is 7.99. The van der Waals surface area contributed by atoms with Gasteiger partial charge in [0.1, 0.15) is 0 Å². The van der Waals surface area contributed by atoms with Crippen LogP contribution in [0, 0.1) is 0 Å². The SMILES string of the molecule is Nn1c(Cc2ccccc2)nnc1SCC(=O)Nc1ccc(Cl)cc1. The Kier molecular flexibility index (Phi) is 5.57. The highest BCUT2D eigenvalue weighted by Crippen LogP contribution is 2.18. The molecule has 1 aromatic heterocycles. The van der Waals surface area contributed by atoms with Crippen LogP contribution < -0.4 is 11.2 Å². The molecule has 3 N–H and O–H groups in total. The molecule has 0 atom stereocenters. The first kappa shape index (κ1) is 17.3. The van der Waals surface area contributed by atoms with Crippen LogP contribution in [0.25, 0.3) is 0 Å². The quantitative estimate of drug-likeness (QED) is 0.512. The number of anilines is 1. The van der Waals surface area contributed by atoms with E-state index < -0.39 is 0 Å². The van der Waals surface area contributed by atoms with Gasteiger partial charge in [-0.25, -0.2) is 4.68 Å². The molecule has 0 aliphatic heterocycles. The van der Waals surface area contributed by atoms with E-state index in [1.54, 1.807) is 24.3 Å².